The molecule has 7 heteroatoms. The Hall–Kier alpha value is -2.35. The standard InChI is InChI=1S/C20H23N3O3S/c1-20(9-10-27-19(21)23-20)15-7-4-8-16(12-15)22-17(24)13-5-3-6-14(11-13)18(25)26-2/h3-8,11-12,18,25H,9-10H2,1-2H3,(H2,21,23)(H,22,24). The highest BCUT2D eigenvalue weighted by Gasteiger charge is 2.29. The van der Waals surface area contributed by atoms with E-state index in [0.29, 0.717) is 22.0 Å². The van der Waals surface area contributed by atoms with Crippen molar-refractivity contribution >= 4 is 28.5 Å². The summed E-state index contributed by atoms with van der Waals surface area (Å²) in [6.45, 7) is 2.05. The van der Waals surface area contributed by atoms with Crippen LogP contribution in [-0.4, -0.2) is 29.0 Å². The van der Waals surface area contributed by atoms with Gasteiger partial charge in [-0.1, -0.05) is 36.0 Å². The quantitative estimate of drug-likeness (QED) is 0.687. The molecule has 0 aliphatic carbocycles. The third-order valence-corrected chi connectivity index (χ3v) is 5.39. The van der Waals surface area contributed by atoms with Crippen molar-refractivity contribution in [1.29, 1.82) is 0 Å². The number of hydrogen-bond donors (Lipinski definition) is 3. The number of benzene rings is 2. The zero-order chi connectivity index (χ0) is 19.4. The Kier molecular flexibility index (Phi) is 5.84. The van der Waals surface area contributed by atoms with Crippen LogP contribution in [-0.2, 0) is 10.3 Å². The maximum absolute atomic E-state index is 12.6. The summed E-state index contributed by atoms with van der Waals surface area (Å²) in [5.74, 6) is 0.654. The van der Waals surface area contributed by atoms with E-state index in [1.54, 1.807) is 36.0 Å². The van der Waals surface area contributed by atoms with Crippen LogP contribution in [0.1, 0.15) is 41.1 Å². The monoisotopic (exact) mass is 385 g/mol. The predicted octanol–water partition coefficient (Wildman–Crippen LogP) is 3.24. The number of amides is 1. The number of anilines is 1. The average Bonchev–Trinajstić information content (AvgIpc) is 2.67. The minimum absolute atomic E-state index is 0.260. The van der Waals surface area contributed by atoms with Gasteiger partial charge in [0.15, 0.2) is 11.5 Å². The van der Waals surface area contributed by atoms with Gasteiger partial charge < -0.3 is 20.9 Å². The van der Waals surface area contributed by atoms with E-state index in [9.17, 15) is 9.90 Å². The highest BCUT2D eigenvalue weighted by molar-refractivity contribution is 8.13. The van der Waals surface area contributed by atoms with Crippen molar-refractivity contribution < 1.29 is 14.6 Å². The highest BCUT2D eigenvalue weighted by atomic mass is 32.2. The van der Waals surface area contributed by atoms with Crippen LogP contribution in [0.3, 0.4) is 0 Å². The summed E-state index contributed by atoms with van der Waals surface area (Å²) in [5, 5.41) is 13.3. The third kappa shape index (κ3) is 4.50. The number of aliphatic imine (C=N–C) groups is 1. The van der Waals surface area contributed by atoms with Crippen LogP contribution in [0.4, 0.5) is 5.69 Å². The van der Waals surface area contributed by atoms with E-state index in [-0.39, 0.29) is 5.91 Å². The van der Waals surface area contributed by atoms with Gasteiger partial charge in [-0.3, -0.25) is 9.79 Å². The molecule has 27 heavy (non-hydrogen) atoms. The zero-order valence-corrected chi connectivity index (χ0v) is 16.1. The van der Waals surface area contributed by atoms with Gasteiger partial charge in [0, 0.05) is 29.7 Å². The molecule has 0 bridgehead atoms. The molecule has 142 valence electrons. The molecular weight excluding hydrogens is 362 g/mol. The van der Waals surface area contributed by atoms with Crippen molar-refractivity contribution in [3.63, 3.8) is 0 Å². The number of aliphatic hydroxyl groups excluding tert-OH is 1. The number of hydrogen-bond acceptors (Lipinski definition) is 6. The molecule has 0 radical (unpaired) electrons. The fraction of sp³-hybridized carbons (Fsp3) is 0.300. The highest BCUT2D eigenvalue weighted by Crippen LogP contribution is 2.35. The Labute approximate surface area is 162 Å². The minimum Gasteiger partial charge on any atom is -0.379 e. The van der Waals surface area contributed by atoms with Gasteiger partial charge in [0.2, 0.25) is 0 Å². The summed E-state index contributed by atoms with van der Waals surface area (Å²) in [6.07, 6.45) is -0.180. The number of carbonyl (C=O) groups excluding carboxylic acids is 1. The second kappa shape index (κ2) is 8.12. The molecular formula is C20H23N3O3S. The van der Waals surface area contributed by atoms with Gasteiger partial charge in [-0.05, 0) is 43.2 Å². The molecule has 1 aliphatic rings. The number of amidine groups is 1. The lowest BCUT2D eigenvalue weighted by Crippen LogP contribution is -2.28. The van der Waals surface area contributed by atoms with Crippen molar-refractivity contribution in [3.8, 4) is 0 Å². The molecule has 4 N–H and O–H groups in total. The van der Waals surface area contributed by atoms with Crippen molar-refractivity contribution in [3.05, 3.63) is 65.2 Å². The van der Waals surface area contributed by atoms with Gasteiger partial charge in [0.1, 0.15) is 0 Å². The second-order valence-electron chi connectivity index (χ2n) is 6.57. The maximum Gasteiger partial charge on any atom is 0.255 e. The summed E-state index contributed by atoms with van der Waals surface area (Å²) in [7, 11) is 1.41. The molecule has 0 spiro atoms. The normalized spacial score (nSPS) is 20.6. The molecule has 2 aromatic rings. The first-order valence-corrected chi connectivity index (χ1v) is 9.61. The van der Waals surface area contributed by atoms with Crippen LogP contribution in [0.2, 0.25) is 0 Å². The fourth-order valence-electron chi connectivity index (χ4n) is 3.00. The van der Waals surface area contributed by atoms with Gasteiger partial charge in [0.05, 0.1) is 5.54 Å². The van der Waals surface area contributed by atoms with Crippen LogP contribution < -0.4 is 11.1 Å². The molecule has 2 aromatic carbocycles. The smallest absolute Gasteiger partial charge is 0.255 e. The summed E-state index contributed by atoms with van der Waals surface area (Å²) in [4.78, 5) is 17.2. The van der Waals surface area contributed by atoms with E-state index in [4.69, 9.17) is 10.5 Å². The molecule has 0 saturated carbocycles. The largest absolute Gasteiger partial charge is 0.379 e. The first kappa shape index (κ1) is 19.4. The minimum atomic E-state index is -1.06. The molecule has 1 amide bonds. The van der Waals surface area contributed by atoms with Crippen LogP contribution in [0, 0.1) is 0 Å². The number of nitrogens with one attached hydrogen (secondary N) is 1. The van der Waals surface area contributed by atoms with Crippen molar-refractivity contribution in [2.24, 2.45) is 10.7 Å². The van der Waals surface area contributed by atoms with Crippen molar-refractivity contribution in [2.45, 2.75) is 25.2 Å². The Morgan fingerprint density at radius 1 is 1.33 bits per heavy atom. The number of nitrogens with two attached hydrogens (primary N) is 1. The lowest BCUT2D eigenvalue weighted by Gasteiger charge is -2.30. The Morgan fingerprint density at radius 2 is 2.11 bits per heavy atom. The van der Waals surface area contributed by atoms with Gasteiger partial charge in [-0.25, -0.2) is 0 Å². The van der Waals surface area contributed by atoms with E-state index >= 15 is 0 Å². The molecule has 6 nitrogen and oxygen atoms in total. The van der Waals surface area contributed by atoms with Crippen LogP contribution in [0.5, 0.6) is 0 Å². The first-order chi connectivity index (χ1) is 12.9. The van der Waals surface area contributed by atoms with Gasteiger partial charge in [-0.2, -0.15) is 0 Å². The van der Waals surface area contributed by atoms with Gasteiger partial charge >= 0.3 is 0 Å². The number of nitrogens with zero attached hydrogens (tertiary/aromatic N) is 1. The van der Waals surface area contributed by atoms with Crippen molar-refractivity contribution in [1.82, 2.24) is 0 Å². The van der Waals surface area contributed by atoms with Crippen LogP contribution in [0.15, 0.2) is 53.5 Å². The predicted molar refractivity (Wildman–Crippen MR) is 109 cm³/mol. The molecule has 3 rings (SSSR count). The average molecular weight is 385 g/mol. The number of thioether (sulfide) groups is 1. The summed E-state index contributed by atoms with van der Waals surface area (Å²) in [6, 6.07) is 14.4. The molecule has 0 aromatic heterocycles. The van der Waals surface area contributed by atoms with E-state index < -0.39 is 11.8 Å². The van der Waals surface area contributed by atoms with E-state index in [1.165, 1.54) is 7.11 Å². The van der Waals surface area contributed by atoms with E-state index in [2.05, 4.69) is 17.2 Å². The van der Waals surface area contributed by atoms with E-state index in [1.807, 2.05) is 24.3 Å². The molecule has 2 unspecified atom stereocenters. The second-order valence-corrected chi connectivity index (χ2v) is 7.69. The zero-order valence-electron chi connectivity index (χ0n) is 15.3. The number of rotatable bonds is 5. The maximum atomic E-state index is 12.6. The fourth-order valence-corrected chi connectivity index (χ4v) is 3.97. The first-order valence-electron chi connectivity index (χ1n) is 8.62. The SMILES string of the molecule is COC(O)c1cccc(C(=O)Nc2cccc(C3(C)CCSC(N)=N3)c2)c1. The molecule has 1 heterocycles. The lowest BCUT2D eigenvalue weighted by atomic mass is 9.89. The van der Waals surface area contributed by atoms with Gasteiger partial charge in [0.25, 0.3) is 5.91 Å². The van der Waals surface area contributed by atoms with Crippen LogP contribution >= 0.6 is 11.8 Å². The van der Waals surface area contributed by atoms with E-state index in [0.717, 1.165) is 17.7 Å². The lowest BCUT2D eigenvalue weighted by molar-refractivity contribution is -0.0769. The van der Waals surface area contributed by atoms with Crippen LogP contribution in [0.25, 0.3) is 0 Å². The number of methoxy groups -OCH3 is 1. The number of ether oxygens (including phenoxy) is 1. The molecule has 1 aliphatic heterocycles. The molecule has 0 fully saturated rings. The molecule has 2 atom stereocenters. The summed E-state index contributed by atoms with van der Waals surface area (Å²) in [5.41, 5.74) is 8.17. The third-order valence-electron chi connectivity index (χ3n) is 4.60. The van der Waals surface area contributed by atoms with Crippen molar-refractivity contribution in [2.75, 3.05) is 18.2 Å². The summed E-state index contributed by atoms with van der Waals surface area (Å²) < 4.78 is 4.89. The Morgan fingerprint density at radius 3 is 2.85 bits per heavy atom. The van der Waals surface area contributed by atoms with Gasteiger partial charge in [-0.15, -0.1) is 0 Å². The number of aliphatic hydroxyl groups is 1. The number of carbonyl (C=O) groups is 1. The Bertz CT molecular complexity index is 871. The topological polar surface area (TPSA) is 96.9 Å². The summed E-state index contributed by atoms with van der Waals surface area (Å²) >= 11 is 1.56. The molecule has 0 saturated heterocycles. The Balaban J connectivity index is 1.81.